The summed E-state index contributed by atoms with van der Waals surface area (Å²) in [5, 5.41) is 0. The largest absolute Gasteiger partial charge is 0.457 e. The minimum absolute atomic E-state index is 0. The highest BCUT2D eigenvalue weighted by atomic mass is 16.5. The van der Waals surface area contributed by atoms with Crippen LogP contribution in [0.5, 0.6) is 11.5 Å². The van der Waals surface area contributed by atoms with Crippen molar-refractivity contribution in [2.45, 2.75) is 20.3 Å². The Labute approximate surface area is 105 Å². The van der Waals surface area contributed by atoms with Gasteiger partial charge in [0.1, 0.15) is 11.5 Å². The molecule has 92 valence electrons. The van der Waals surface area contributed by atoms with Gasteiger partial charge in [0, 0.05) is 7.11 Å². The van der Waals surface area contributed by atoms with E-state index in [1.165, 1.54) is 6.42 Å². The number of nitrogen functional groups attached to an aromatic ring is 1. The van der Waals surface area contributed by atoms with E-state index >= 15 is 0 Å². The maximum absolute atomic E-state index is 5.58. The van der Waals surface area contributed by atoms with Crippen molar-refractivity contribution in [2.75, 3.05) is 5.73 Å². The van der Waals surface area contributed by atoms with Crippen molar-refractivity contribution >= 4 is 5.69 Å². The summed E-state index contributed by atoms with van der Waals surface area (Å²) in [5.41, 5.74) is 6.31. The third-order valence-electron chi connectivity index (χ3n) is 1.86. The molecule has 0 heterocycles. The monoisotopic (exact) mass is 231 g/mol. The minimum atomic E-state index is 0. The van der Waals surface area contributed by atoms with E-state index in [1.54, 1.807) is 0 Å². The number of anilines is 1. The molecule has 2 rings (SSSR count). The Morgan fingerprint density at radius 2 is 1.35 bits per heavy atom. The Kier molecular flexibility index (Phi) is 5.66. The van der Waals surface area contributed by atoms with E-state index in [1.807, 2.05) is 54.6 Å². The summed E-state index contributed by atoms with van der Waals surface area (Å²) in [6.07, 6.45) is 1.25. The second-order valence-corrected chi connectivity index (χ2v) is 3.69. The predicted octanol–water partition coefficient (Wildman–Crippen LogP) is 4.72. The average molecular weight is 231 g/mol. The third-order valence-corrected chi connectivity index (χ3v) is 1.86. The first kappa shape index (κ1) is 13.1. The van der Waals surface area contributed by atoms with Crippen LogP contribution in [0.3, 0.4) is 0 Å². The quantitative estimate of drug-likeness (QED) is 0.759. The molecule has 0 saturated carbocycles. The molecule has 0 saturated heterocycles. The summed E-state index contributed by atoms with van der Waals surface area (Å²) in [7, 11) is 0. The summed E-state index contributed by atoms with van der Waals surface area (Å²) < 4.78 is 5.58. The second kappa shape index (κ2) is 7.34. The van der Waals surface area contributed by atoms with Gasteiger partial charge in [-0.3, -0.25) is 0 Å². The minimum Gasteiger partial charge on any atom is -0.457 e. The molecule has 2 aromatic rings. The first-order chi connectivity index (χ1) is 8.26. The number of benzene rings is 2. The van der Waals surface area contributed by atoms with Gasteiger partial charge in [0.15, 0.2) is 0 Å². The standard InChI is InChI=1S/C12H11NO.C3H8.H2/c13-10-6-8-12(9-7-10)14-11-4-2-1-3-5-11;1-3-2;/h1-9H,13H2;3H2,1-2H3;1H. The lowest BCUT2D eigenvalue weighted by Crippen LogP contribution is -1.85. The van der Waals surface area contributed by atoms with Gasteiger partial charge in [-0.2, -0.15) is 0 Å². The number of hydrogen-bond acceptors (Lipinski definition) is 2. The van der Waals surface area contributed by atoms with Crippen molar-refractivity contribution in [3.63, 3.8) is 0 Å². The van der Waals surface area contributed by atoms with Crippen LogP contribution >= 0.6 is 0 Å². The Hall–Kier alpha value is -1.96. The molecule has 2 nitrogen and oxygen atoms in total. The first-order valence-electron chi connectivity index (χ1n) is 5.84. The van der Waals surface area contributed by atoms with Crippen LogP contribution in [-0.2, 0) is 0 Å². The van der Waals surface area contributed by atoms with E-state index < -0.39 is 0 Å². The average Bonchev–Trinajstić information content (AvgIpc) is 2.35. The van der Waals surface area contributed by atoms with Crippen molar-refractivity contribution in [3.8, 4) is 11.5 Å². The van der Waals surface area contributed by atoms with Crippen LogP contribution in [-0.4, -0.2) is 0 Å². The van der Waals surface area contributed by atoms with E-state index in [-0.39, 0.29) is 1.43 Å². The Bertz CT molecular complexity index is 414. The van der Waals surface area contributed by atoms with Gasteiger partial charge in [0.25, 0.3) is 0 Å². The fourth-order valence-corrected chi connectivity index (χ4v) is 1.16. The van der Waals surface area contributed by atoms with Crippen LogP contribution in [0.1, 0.15) is 21.7 Å². The zero-order valence-corrected chi connectivity index (χ0v) is 10.4. The predicted molar refractivity (Wildman–Crippen MR) is 75.4 cm³/mol. The molecule has 0 fully saturated rings. The van der Waals surface area contributed by atoms with Crippen molar-refractivity contribution in [2.24, 2.45) is 0 Å². The number of ether oxygens (including phenoxy) is 1. The molecule has 0 unspecified atom stereocenters. The molecule has 2 heteroatoms. The maximum atomic E-state index is 5.58. The molecule has 0 aliphatic carbocycles. The Morgan fingerprint density at radius 3 is 1.88 bits per heavy atom. The van der Waals surface area contributed by atoms with Gasteiger partial charge >= 0.3 is 0 Å². The summed E-state index contributed by atoms with van der Waals surface area (Å²) in [4.78, 5) is 0. The molecular formula is C15H21NO. The molecular weight excluding hydrogens is 210 g/mol. The van der Waals surface area contributed by atoms with Crippen LogP contribution in [0.15, 0.2) is 54.6 Å². The van der Waals surface area contributed by atoms with E-state index in [2.05, 4.69) is 13.8 Å². The van der Waals surface area contributed by atoms with Crippen LogP contribution in [0.4, 0.5) is 5.69 Å². The molecule has 0 spiro atoms. The Morgan fingerprint density at radius 1 is 0.882 bits per heavy atom. The van der Waals surface area contributed by atoms with Crippen LogP contribution in [0.25, 0.3) is 0 Å². The fourth-order valence-electron chi connectivity index (χ4n) is 1.16. The van der Waals surface area contributed by atoms with E-state index in [0.29, 0.717) is 0 Å². The number of hydrogen-bond donors (Lipinski definition) is 1. The summed E-state index contributed by atoms with van der Waals surface area (Å²) in [6, 6.07) is 17.0. The molecule has 0 bridgehead atoms. The molecule has 0 amide bonds. The maximum Gasteiger partial charge on any atom is 0.127 e. The zero-order valence-electron chi connectivity index (χ0n) is 10.4. The number of para-hydroxylation sites is 1. The molecule has 0 aliphatic rings. The molecule has 2 N–H and O–H groups in total. The highest BCUT2D eigenvalue weighted by Gasteiger charge is 1.94. The van der Waals surface area contributed by atoms with Crippen molar-refractivity contribution in [1.82, 2.24) is 0 Å². The zero-order chi connectivity index (χ0) is 12.5. The SMILES string of the molecule is CCC.Nc1ccc(Oc2ccccc2)cc1.[HH]. The highest BCUT2D eigenvalue weighted by Crippen LogP contribution is 2.21. The highest BCUT2D eigenvalue weighted by molar-refractivity contribution is 5.42. The lowest BCUT2D eigenvalue weighted by Gasteiger charge is -2.04. The van der Waals surface area contributed by atoms with Crippen LogP contribution in [0.2, 0.25) is 0 Å². The Balaban J connectivity index is 0.000000660. The molecule has 2 aromatic carbocycles. The molecule has 17 heavy (non-hydrogen) atoms. The lowest BCUT2D eigenvalue weighted by molar-refractivity contribution is 0.483. The van der Waals surface area contributed by atoms with E-state index in [9.17, 15) is 0 Å². The fraction of sp³-hybridized carbons (Fsp3) is 0.200. The van der Waals surface area contributed by atoms with Crippen molar-refractivity contribution in [1.29, 1.82) is 0 Å². The third kappa shape index (κ3) is 5.07. The van der Waals surface area contributed by atoms with Gasteiger partial charge in [-0.15, -0.1) is 0 Å². The summed E-state index contributed by atoms with van der Waals surface area (Å²) in [6.45, 7) is 4.25. The van der Waals surface area contributed by atoms with Gasteiger partial charge in [-0.1, -0.05) is 38.5 Å². The van der Waals surface area contributed by atoms with E-state index in [0.717, 1.165) is 17.2 Å². The van der Waals surface area contributed by atoms with Gasteiger partial charge in [0.05, 0.1) is 0 Å². The summed E-state index contributed by atoms with van der Waals surface area (Å²) in [5.74, 6) is 1.63. The lowest BCUT2D eigenvalue weighted by atomic mass is 10.3. The number of rotatable bonds is 2. The normalized spacial score (nSPS) is 9.06. The summed E-state index contributed by atoms with van der Waals surface area (Å²) >= 11 is 0. The second-order valence-electron chi connectivity index (χ2n) is 3.69. The van der Waals surface area contributed by atoms with Gasteiger partial charge in [-0.25, -0.2) is 0 Å². The van der Waals surface area contributed by atoms with E-state index in [4.69, 9.17) is 10.5 Å². The molecule has 0 atom stereocenters. The smallest absolute Gasteiger partial charge is 0.127 e. The topological polar surface area (TPSA) is 35.2 Å². The van der Waals surface area contributed by atoms with Crippen molar-refractivity contribution < 1.29 is 6.16 Å². The molecule has 0 aliphatic heterocycles. The first-order valence-corrected chi connectivity index (χ1v) is 5.84. The van der Waals surface area contributed by atoms with Gasteiger partial charge in [0.2, 0.25) is 0 Å². The van der Waals surface area contributed by atoms with Crippen molar-refractivity contribution in [3.05, 3.63) is 54.6 Å². The molecule has 0 aromatic heterocycles. The van der Waals surface area contributed by atoms with Gasteiger partial charge in [-0.05, 0) is 36.4 Å². The van der Waals surface area contributed by atoms with Gasteiger partial charge < -0.3 is 10.5 Å². The number of nitrogens with two attached hydrogens (primary N) is 1. The van der Waals surface area contributed by atoms with Crippen LogP contribution in [0, 0.1) is 0 Å². The van der Waals surface area contributed by atoms with Crippen LogP contribution < -0.4 is 10.5 Å². The molecule has 0 radical (unpaired) electrons.